The minimum Gasteiger partial charge on any atom is -0.455 e. The van der Waals surface area contributed by atoms with E-state index in [9.17, 15) is 0 Å². The highest BCUT2D eigenvalue weighted by Gasteiger charge is 2.21. The van der Waals surface area contributed by atoms with Gasteiger partial charge in [-0.2, -0.15) is 0 Å². The Morgan fingerprint density at radius 3 is 1.74 bits per heavy atom. The van der Waals surface area contributed by atoms with Gasteiger partial charge >= 0.3 is 0 Å². The third kappa shape index (κ3) is 4.94. The average Bonchev–Trinajstić information content (AvgIpc) is 3.82. The first-order chi connectivity index (χ1) is 26.8. The molecule has 0 aliphatic heterocycles. The van der Waals surface area contributed by atoms with Crippen molar-refractivity contribution in [2.24, 2.45) is 0 Å². The standard InChI is InChI=1S/C49H29N3OS/c1-3-14-30(15-4-1)33-18-7-10-22-38(33)48-50-47(32-26-27-36-35-20-11-12-25-43(35)54-44(36)28-32)51-49(52-48)39-23-13-24-42-45(39)41-29-40(31-16-5-2-6-17-31)34-19-8-9-21-37(34)46(41)53-42/h1-29H. The first-order valence-corrected chi connectivity index (χ1v) is 18.8. The van der Waals surface area contributed by atoms with Gasteiger partial charge in [0.1, 0.15) is 11.2 Å². The second-order valence-corrected chi connectivity index (χ2v) is 14.6. The number of benzene rings is 8. The van der Waals surface area contributed by atoms with Crippen molar-refractivity contribution in [1.82, 2.24) is 15.0 Å². The van der Waals surface area contributed by atoms with Crippen LogP contribution in [0.5, 0.6) is 0 Å². The van der Waals surface area contributed by atoms with Crippen molar-refractivity contribution < 1.29 is 4.42 Å². The number of aromatic nitrogens is 3. The summed E-state index contributed by atoms with van der Waals surface area (Å²) in [6.45, 7) is 0. The van der Waals surface area contributed by atoms with Crippen LogP contribution in [0.3, 0.4) is 0 Å². The first kappa shape index (κ1) is 30.7. The molecule has 0 aliphatic rings. The van der Waals surface area contributed by atoms with Crippen molar-refractivity contribution in [1.29, 1.82) is 0 Å². The number of hydrogen-bond donors (Lipinski definition) is 0. The zero-order chi connectivity index (χ0) is 35.6. The van der Waals surface area contributed by atoms with Crippen LogP contribution in [0.15, 0.2) is 180 Å². The maximum atomic E-state index is 6.73. The fraction of sp³-hybridized carbons (Fsp3) is 0. The molecule has 11 aromatic rings. The molecule has 3 heterocycles. The largest absolute Gasteiger partial charge is 0.455 e. The summed E-state index contributed by atoms with van der Waals surface area (Å²) >= 11 is 1.79. The van der Waals surface area contributed by atoms with Crippen LogP contribution in [0, 0.1) is 0 Å². The maximum absolute atomic E-state index is 6.73. The molecule has 54 heavy (non-hydrogen) atoms. The van der Waals surface area contributed by atoms with Crippen LogP contribution >= 0.6 is 11.3 Å². The Labute approximate surface area is 314 Å². The maximum Gasteiger partial charge on any atom is 0.164 e. The Balaban J connectivity index is 1.19. The minimum atomic E-state index is 0.594. The van der Waals surface area contributed by atoms with Gasteiger partial charge in [0.15, 0.2) is 17.5 Å². The average molecular weight is 708 g/mol. The highest BCUT2D eigenvalue weighted by molar-refractivity contribution is 7.25. The Hall–Kier alpha value is -6.95. The Bertz CT molecular complexity index is 3220. The lowest BCUT2D eigenvalue weighted by atomic mass is 9.94. The molecule has 0 N–H and O–H groups in total. The summed E-state index contributed by atoms with van der Waals surface area (Å²) in [5.41, 5.74) is 8.90. The molecule has 11 rings (SSSR count). The monoisotopic (exact) mass is 707 g/mol. The van der Waals surface area contributed by atoms with E-state index in [4.69, 9.17) is 19.4 Å². The summed E-state index contributed by atoms with van der Waals surface area (Å²) in [4.78, 5) is 15.8. The minimum absolute atomic E-state index is 0.594. The van der Waals surface area contributed by atoms with E-state index < -0.39 is 0 Å². The van der Waals surface area contributed by atoms with Crippen molar-refractivity contribution >= 4 is 64.2 Å². The molecule has 0 radical (unpaired) electrons. The van der Waals surface area contributed by atoms with Gasteiger partial charge < -0.3 is 4.42 Å². The molecule has 3 aromatic heterocycles. The van der Waals surface area contributed by atoms with E-state index in [0.29, 0.717) is 17.5 Å². The van der Waals surface area contributed by atoms with Gasteiger partial charge in [-0.15, -0.1) is 11.3 Å². The predicted molar refractivity (Wildman–Crippen MR) is 225 cm³/mol. The van der Waals surface area contributed by atoms with E-state index >= 15 is 0 Å². The van der Waals surface area contributed by atoms with Gasteiger partial charge in [0.25, 0.3) is 0 Å². The number of fused-ring (bicyclic) bond motifs is 8. The van der Waals surface area contributed by atoms with Gasteiger partial charge in [-0.25, -0.2) is 15.0 Å². The van der Waals surface area contributed by atoms with Crippen molar-refractivity contribution in [3.8, 4) is 56.4 Å². The second-order valence-electron chi connectivity index (χ2n) is 13.5. The zero-order valence-electron chi connectivity index (χ0n) is 28.9. The van der Waals surface area contributed by atoms with Crippen molar-refractivity contribution in [2.75, 3.05) is 0 Å². The van der Waals surface area contributed by atoms with Crippen LogP contribution in [0.1, 0.15) is 0 Å². The van der Waals surface area contributed by atoms with Gasteiger partial charge in [0, 0.05) is 53.0 Å². The van der Waals surface area contributed by atoms with Gasteiger partial charge in [-0.05, 0) is 51.9 Å². The summed E-state index contributed by atoms with van der Waals surface area (Å²) in [7, 11) is 0. The van der Waals surface area contributed by atoms with Gasteiger partial charge in [0.05, 0.1) is 0 Å². The van der Waals surface area contributed by atoms with Gasteiger partial charge in [-0.1, -0.05) is 152 Å². The molecule has 0 saturated carbocycles. The van der Waals surface area contributed by atoms with Gasteiger partial charge in [-0.3, -0.25) is 0 Å². The molecule has 0 bridgehead atoms. The van der Waals surface area contributed by atoms with Crippen LogP contribution in [-0.2, 0) is 0 Å². The molecule has 0 atom stereocenters. The van der Waals surface area contributed by atoms with Crippen molar-refractivity contribution in [2.45, 2.75) is 0 Å². The number of nitrogens with zero attached hydrogens (tertiary/aromatic N) is 3. The van der Waals surface area contributed by atoms with Crippen LogP contribution in [0.25, 0.3) is 109 Å². The van der Waals surface area contributed by atoms with Gasteiger partial charge in [0.2, 0.25) is 0 Å². The molecule has 5 heteroatoms. The van der Waals surface area contributed by atoms with E-state index in [-0.39, 0.29) is 0 Å². The zero-order valence-corrected chi connectivity index (χ0v) is 29.7. The third-order valence-corrected chi connectivity index (χ3v) is 11.5. The fourth-order valence-corrected chi connectivity index (χ4v) is 9.00. The molecule has 0 saturated heterocycles. The Morgan fingerprint density at radius 2 is 0.944 bits per heavy atom. The summed E-state index contributed by atoms with van der Waals surface area (Å²) in [5, 5.41) is 6.73. The second kappa shape index (κ2) is 12.3. The van der Waals surface area contributed by atoms with E-state index in [1.165, 1.54) is 20.2 Å². The molecule has 0 amide bonds. The molecular weight excluding hydrogens is 679 g/mol. The summed E-state index contributed by atoms with van der Waals surface area (Å²) in [6, 6.07) is 61.4. The molecule has 0 unspecified atom stereocenters. The molecule has 4 nitrogen and oxygen atoms in total. The van der Waals surface area contributed by atoms with Crippen LogP contribution in [0.4, 0.5) is 0 Å². The number of thiophene rings is 1. The molecule has 0 fully saturated rings. The lowest BCUT2D eigenvalue weighted by Crippen LogP contribution is -2.01. The summed E-state index contributed by atoms with van der Waals surface area (Å²) < 4.78 is 9.20. The molecule has 0 aliphatic carbocycles. The number of rotatable bonds is 5. The number of hydrogen-bond acceptors (Lipinski definition) is 5. The normalized spacial score (nSPS) is 11.7. The van der Waals surface area contributed by atoms with Crippen LogP contribution < -0.4 is 0 Å². The Morgan fingerprint density at radius 1 is 0.352 bits per heavy atom. The highest BCUT2D eigenvalue weighted by atomic mass is 32.1. The van der Waals surface area contributed by atoms with Crippen LogP contribution in [-0.4, -0.2) is 15.0 Å². The molecule has 0 spiro atoms. The third-order valence-electron chi connectivity index (χ3n) is 10.4. The van der Waals surface area contributed by atoms with Crippen molar-refractivity contribution in [3.05, 3.63) is 176 Å². The fourth-order valence-electron chi connectivity index (χ4n) is 7.85. The number of furan rings is 1. The molecule has 8 aromatic carbocycles. The predicted octanol–water partition coefficient (Wildman–Crippen LogP) is 13.6. The Kier molecular flexibility index (Phi) is 7.00. The smallest absolute Gasteiger partial charge is 0.164 e. The van der Waals surface area contributed by atoms with E-state index in [1.807, 2.05) is 18.2 Å². The first-order valence-electron chi connectivity index (χ1n) is 18.0. The highest BCUT2D eigenvalue weighted by Crippen LogP contribution is 2.43. The van der Waals surface area contributed by atoms with Crippen molar-refractivity contribution in [3.63, 3.8) is 0 Å². The summed E-state index contributed by atoms with van der Waals surface area (Å²) in [5.74, 6) is 1.83. The molecular formula is C49H29N3OS. The van der Waals surface area contributed by atoms with E-state index in [2.05, 4.69) is 158 Å². The van der Waals surface area contributed by atoms with E-state index in [0.717, 1.165) is 71.7 Å². The lowest BCUT2D eigenvalue weighted by Gasteiger charge is -2.12. The quantitative estimate of drug-likeness (QED) is 0.179. The van der Waals surface area contributed by atoms with E-state index in [1.54, 1.807) is 11.3 Å². The van der Waals surface area contributed by atoms with Crippen LogP contribution in [0.2, 0.25) is 0 Å². The topological polar surface area (TPSA) is 51.8 Å². The SMILES string of the molecule is c1ccc(-c2ccccc2-c2nc(-c3ccc4c(c3)sc3ccccc34)nc(-c3cccc4oc5c6ccccc6c(-c6ccccc6)cc5c34)n2)cc1. The molecule has 252 valence electrons. The summed E-state index contributed by atoms with van der Waals surface area (Å²) in [6.07, 6.45) is 0. The lowest BCUT2D eigenvalue weighted by molar-refractivity contribution is 0.673.